The van der Waals surface area contributed by atoms with Crippen molar-refractivity contribution in [1.82, 2.24) is 15.0 Å². The molecule has 0 radical (unpaired) electrons. The van der Waals surface area contributed by atoms with Gasteiger partial charge in [-0.25, -0.2) is 4.79 Å². The van der Waals surface area contributed by atoms with Gasteiger partial charge in [-0.15, -0.1) is 0 Å². The molecule has 1 saturated heterocycles. The fourth-order valence-corrected chi connectivity index (χ4v) is 4.88. The van der Waals surface area contributed by atoms with E-state index in [2.05, 4.69) is 10.1 Å². The Morgan fingerprint density at radius 3 is 2.60 bits per heavy atom. The predicted molar refractivity (Wildman–Crippen MR) is 126 cm³/mol. The van der Waals surface area contributed by atoms with Gasteiger partial charge >= 0.3 is 5.97 Å². The molecular formula is C25H23ClN4O5. The van der Waals surface area contributed by atoms with Gasteiger partial charge in [-0.05, 0) is 30.2 Å². The lowest BCUT2D eigenvalue weighted by atomic mass is 9.95. The van der Waals surface area contributed by atoms with Gasteiger partial charge in [-0.1, -0.05) is 54.9 Å². The molecule has 0 saturated carbocycles. The van der Waals surface area contributed by atoms with Gasteiger partial charge in [0.25, 0.3) is 11.8 Å². The van der Waals surface area contributed by atoms with E-state index in [1.165, 1.54) is 9.80 Å². The molecule has 35 heavy (non-hydrogen) atoms. The molecule has 2 aliphatic heterocycles. The molecule has 180 valence electrons. The highest BCUT2D eigenvalue weighted by Crippen LogP contribution is 2.45. The Hall–Kier alpha value is -3.72. The van der Waals surface area contributed by atoms with Crippen molar-refractivity contribution >= 4 is 35.1 Å². The van der Waals surface area contributed by atoms with Crippen LogP contribution in [-0.4, -0.2) is 45.0 Å². The van der Waals surface area contributed by atoms with E-state index in [1.807, 2.05) is 13.8 Å². The maximum atomic E-state index is 13.7. The van der Waals surface area contributed by atoms with Crippen molar-refractivity contribution in [2.45, 2.75) is 39.0 Å². The summed E-state index contributed by atoms with van der Waals surface area (Å²) in [4.78, 5) is 47.4. The van der Waals surface area contributed by atoms with E-state index in [4.69, 9.17) is 20.9 Å². The van der Waals surface area contributed by atoms with Crippen LogP contribution in [0, 0.1) is 5.92 Å². The molecule has 5 rings (SSSR count). The second kappa shape index (κ2) is 8.81. The van der Waals surface area contributed by atoms with Gasteiger partial charge in [-0.3, -0.25) is 14.5 Å². The standard InChI is InChI=1S/C25H23ClN4O5/c1-15(2)13-29-23(32)17-8-4-6-10-19(17)30-21(31)11-12-25(29,30)24(33)34-14-20-27-22(35-28-20)16-7-3-5-9-18(16)26/h3-10,15H,11-14H2,1-2H3. The number of aromatic nitrogens is 2. The highest BCUT2D eigenvalue weighted by molar-refractivity contribution is 6.33. The highest BCUT2D eigenvalue weighted by Gasteiger charge is 2.62. The largest absolute Gasteiger partial charge is 0.454 e. The Morgan fingerprint density at radius 1 is 1.14 bits per heavy atom. The lowest BCUT2D eigenvalue weighted by molar-refractivity contribution is -0.159. The van der Waals surface area contributed by atoms with Crippen LogP contribution in [0.25, 0.3) is 11.5 Å². The Bertz CT molecular complexity index is 1320. The molecule has 1 fully saturated rings. The van der Waals surface area contributed by atoms with E-state index in [0.29, 0.717) is 21.8 Å². The second-order valence-corrected chi connectivity index (χ2v) is 9.35. The number of amides is 2. The maximum Gasteiger partial charge on any atom is 0.354 e. The van der Waals surface area contributed by atoms with E-state index in [-0.39, 0.29) is 55.4 Å². The summed E-state index contributed by atoms with van der Waals surface area (Å²) in [7, 11) is 0. The van der Waals surface area contributed by atoms with Crippen LogP contribution in [-0.2, 0) is 20.9 Å². The van der Waals surface area contributed by atoms with Gasteiger partial charge in [0.05, 0.1) is 21.8 Å². The number of ether oxygens (including phenoxy) is 1. The summed E-state index contributed by atoms with van der Waals surface area (Å²) in [5.74, 6) is -0.870. The molecule has 0 aliphatic carbocycles. The first-order valence-electron chi connectivity index (χ1n) is 11.3. The number of benzene rings is 2. The van der Waals surface area contributed by atoms with Crippen LogP contribution in [0.15, 0.2) is 53.1 Å². The average Bonchev–Trinajstić information content (AvgIpc) is 3.46. The van der Waals surface area contributed by atoms with Crippen molar-refractivity contribution in [2.24, 2.45) is 5.92 Å². The van der Waals surface area contributed by atoms with Crippen molar-refractivity contribution in [3.8, 4) is 11.5 Å². The van der Waals surface area contributed by atoms with Crippen molar-refractivity contribution in [3.05, 3.63) is 64.9 Å². The Labute approximate surface area is 206 Å². The smallest absolute Gasteiger partial charge is 0.354 e. The van der Waals surface area contributed by atoms with Crippen LogP contribution in [0.2, 0.25) is 5.02 Å². The van der Waals surface area contributed by atoms with E-state index < -0.39 is 11.6 Å². The van der Waals surface area contributed by atoms with Gasteiger partial charge in [0.15, 0.2) is 6.61 Å². The molecule has 1 unspecified atom stereocenters. The Kier molecular flexibility index (Phi) is 5.80. The van der Waals surface area contributed by atoms with E-state index in [0.717, 1.165) is 0 Å². The highest BCUT2D eigenvalue weighted by atomic mass is 35.5. The van der Waals surface area contributed by atoms with Gasteiger partial charge < -0.3 is 14.2 Å². The van der Waals surface area contributed by atoms with Crippen molar-refractivity contribution in [2.75, 3.05) is 11.4 Å². The maximum absolute atomic E-state index is 13.7. The Balaban J connectivity index is 1.46. The van der Waals surface area contributed by atoms with Gasteiger partial charge in [-0.2, -0.15) is 4.98 Å². The van der Waals surface area contributed by atoms with Crippen molar-refractivity contribution in [1.29, 1.82) is 0 Å². The zero-order valence-corrected chi connectivity index (χ0v) is 20.0. The van der Waals surface area contributed by atoms with Crippen LogP contribution in [0.1, 0.15) is 42.9 Å². The molecule has 3 heterocycles. The first kappa shape index (κ1) is 23.0. The summed E-state index contributed by atoms with van der Waals surface area (Å²) < 4.78 is 10.9. The van der Waals surface area contributed by atoms with Crippen molar-refractivity contribution in [3.63, 3.8) is 0 Å². The molecule has 1 atom stereocenters. The third-order valence-corrected chi connectivity index (χ3v) is 6.48. The minimum absolute atomic E-state index is 0.0572. The van der Waals surface area contributed by atoms with Crippen molar-refractivity contribution < 1.29 is 23.6 Å². The number of hydrogen-bond acceptors (Lipinski definition) is 7. The topological polar surface area (TPSA) is 106 Å². The molecule has 0 N–H and O–H groups in total. The zero-order chi connectivity index (χ0) is 24.7. The molecule has 9 nitrogen and oxygen atoms in total. The lowest BCUT2D eigenvalue weighted by Gasteiger charge is -2.48. The molecule has 2 aliphatic rings. The number of halogens is 1. The van der Waals surface area contributed by atoms with Gasteiger partial charge in [0.2, 0.25) is 17.4 Å². The average molecular weight is 495 g/mol. The normalized spacial score (nSPS) is 19.2. The molecule has 1 aromatic heterocycles. The minimum Gasteiger partial charge on any atom is -0.454 e. The number of anilines is 1. The quantitative estimate of drug-likeness (QED) is 0.475. The molecular weight excluding hydrogens is 472 g/mol. The number of carbonyl (C=O) groups excluding carboxylic acids is 3. The number of hydrogen-bond donors (Lipinski definition) is 0. The van der Waals surface area contributed by atoms with Crippen LogP contribution < -0.4 is 4.90 Å². The number of esters is 1. The van der Waals surface area contributed by atoms with E-state index in [1.54, 1.807) is 48.5 Å². The third kappa shape index (κ3) is 3.76. The molecule has 2 aromatic carbocycles. The summed E-state index contributed by atoms with van der Waals surface area (Å²) in [5.41, 5.74) is -0.211. The first-order valence-corrected chi connectivity index (χ1v) is 11.7. The number of rotatable bonds is 6. The fourth-order valence-electron chi connectivity index (χ4n) is 4.67. The van der Waals surface area contributed by atoms with Gasteiger partial charge in [0, 0.05) is 19.4 Å². The van der Waals surface area contributed by atoms with E-state index >= 15 is 0 Å². The van der Waals surface area contributed by atoms with E-state index in [9.17, 15) is 14.4 Å². The Morgan fingerprint density at radius 2 is 1.86 bits per heavy atom. The molecule has 3 aromatic rings. The zero-order valence-electron chi connectivity index (χ0n) is 19.2. The SMILES string of the molecule is CC(C)CN1C(=O)c2ccccc2N2C(=O)CCC12C(=O)OCc1noc(-c2ccccc2Cl)n1. The fraction of sp³-hybridized carbons (Fsp3) is 0.320. The molecule has 0 spiro atoms. The molecule has 0 bridgehead atoms. The minimum atomic E-state index is -1.57. The predicted octanol–water partition coefficient (Wildman–Crippen LogP) is 4.07. The summed E-state index contributed by atoms with van der Waals surface area (Å²) in [6, 6.07) is 13.8. The number of carbonyl (C=O) groups is 3. The van der Waals surface area contributed by atoms with Gasteiger partial charge in [0.1, 0.15) is 0 Å². The monoisotopic (exact) mass is 494 g/mol. The van der Waals surface area contributed by atoms with Crippen LogP contribution in [0.5, 0.6) is 0 Å². The first-order chi connectivity index (χ1) is 16.8. The summed E-state index contributed by atoms with van der Waals surface area (Å²) >= 11 is 6.20. The summed E-state index contributed by atoms with van der Waals surface area (Å²) in [6.07, 6.45) is 0.249. The number of para-hydroxylation sites is 1. The van der Waals surface area contributed by atoms with Crippen LogP contribution in [0.3, 0.4) is 0 Å². The van der Waals surface area contributed by atoms with Crippen LogP contribution >= 0.6 is 11.6 Å². The number of fused-ring (bicyclic) bond motifs is 3. The molecule has 2 amide bonds. The lowest BCUT2D eigenvalue weighted by Crippen LogP contribution is -2.69. The summed E-state index contributed by atoms with van der Waals surface area (Å²) in [5, 5.41) is 4.33. The molecule has 10 heteroatoms. The summed E-state index contributed by atoms with van der Waals surface area (Å²) in [6.45, 7) is 3.89. The third-order valence-electron chi connectivity index (χ3n) is 6.15. The number of nitrogens with zero attached hydrogens (tertiary/aromatic N) is 4. The second-order valence-electron chi connectivity index (χ2n) is 8.94. The van der Waals surface area contributed by atoms with Crippen LogP contribution in [0.4, 0.5) is 5.69 Å².